The van der Waals surface area contributed by atoms with Gasteiger partial charge in [0.05, 0.1) is 12.5 Å². The molecule has 1 aliphatic rings. The van der Waals surface area contributed by atoms with Gasteiger partial charge in [-0.2, -0.15) is 0 Å². The molecule has 1 unspecified atom stereocenters. The largest absolute Gasteiger partial charge is 0.353 e. The Morgan fingerprint density at radius 3 is 2.71 bits per heavy atom. The summed E-state index contributed by atoms with van der Waals surface area (Å²) in [4.78, 5) is 28.8. The van der Waals surface area contributed by atoms with Crippen molar-refractivity contribution < 1.29 is 9.59 Å². The summed E-state index contributed by atoms with van der Waals surface area (Å²) in [5, 5.41) is 2.88. The lowest BCUT2D eigenvalue weighted by Gasteiger charge is -2.35. The summed E-state index contributed by atoms with van der Waals surface area (Å²) < 4.78 is 0. The highest BCUT2D eigenvalue weighted by atomic mass is 16.2. The van der Waals surface area contributed by atoms with Gasteiger partial charge in [-0.3, -0.25) is 14.5 Å². The Labute approximate surface area is 144 Å². The Hall–Kier alpha value is -2.14. The van der Waals surface area contributed by atoms with Crippen molar-refractivity contribution in [2.45, 2.75) is 32.9 Å². The van der Waals surface area contributed by atoms with Crippen LogP contribution in [0.25, 0.3) is 0 Å². The van der Waals surface area contributed by atoms with Gasteiger partial charge in [0.15, 0.2) is 0 Å². The fraction of sp³-hybridized carbons (Fsp3) is 0.474. The van der Waals surface area contributed by atoms with Crippen LogP contribution in [0.5, 0.6) is 0 Å². The smallest absolute Gasteiger partial charge is 0.237 e. The number of rotatable bonds is 7. The molecular formula is C19H27N3O2. The first-order chi connectivity index (χ1) is 11.5. The van der Waals surface area contributed by atoms with E-state index in [-0.39, 0.29) is 18.2 Å². The van der Waals surface area contributed by atoms with E-state index in [9.17, 15) is 9.59 Å². The Bertz CT molecular complexity index is 586. The predicted molar refractivity (Wildman–Crippen MR) is 95.3 cm³/mol. The highest BCUT2D eigenvalue weighted by molar-refractivity contribution is 5.89. The van der Waals surface area contributed by atoms with Crippen molar-refractivity contribution in [3.8, 4) is 0 Å². The number of hydrogen-bond donors (Lipinski definition) is 1. The summed E-state index contributed by atoms with van der Waals surface area (Å²) in [5.74, 6) is -0.0579. The van der Waals surface area contributed by atoms with Gasteiger partial charge in [-0.05, 0) is 19.4 Å². The number of piperazine rings is 1. The standard InChI is InChI=1S/C19H27N3O2/c1-4-21(13-15(2)3)18(23)12-17-19(24)20-10-11-22(17)14-16-8-6-5-7-9-16/h5-9,17H,2,4,10-14H2,1,3H3,(H,20,24). The highest BCUT2D eigenvalue weighted by Crippen LogP contribution is 2.15. The molecule has 2 amide bonds. The second-order valence-corrected chi connectivity index (χ2v) is 6.33. The number of nitrogens with one attached hydrogen (secondary N) is 1. The molecule has 0 radical (unpaired) electrons. The van der Waals surface area contributed by atoms with E-state index < -0.39 is 6.04 Å². The minimum atomic E-state index is -0.411. The summed E-state index contributed by atoms with van der Waals surface area (Å²) in [6.07, 6.45) is 0.208. The topological polar surface area (TPSA) is 52.7 Å². The third-order valence-electron chi connectivity index (χ3n) is 4.23. The third-order valence-corrected chi connectivity index (χ3v) is 4.23. The first-order valence-corrected chi connectivity index (χ1v) is 8.49. The number of amides is 2. The van der Waals surface area contributed by atoms with E-state index >= 15 is 0 Å². The number of carbonyl (C=O) groups excluding carboxylic acids is 2. The van der Waals surface area contributed by atoms with Crippen molar-refractivity contribution in [2.24, 2.45) is 0 Å². The molecule has 1 saturated heterocycles. The molecule has 0 bridgehead atoms. The zero-order valence-corrected chi connectivity index (χ0v) is 14.6. The fourth-order valence-corrected chi connectivity index (χ4v) is 2.99. The van der Waals surface area contributed by atoms with Gasteiger partial charge in [-0.25, -0.2) is 0 Å². The van der Waals surface area contributed by atoms with Gasteiger partial charge < -0.3 is 10.2 Å². The average molecular weight is 329 g/mol. The molecule has 0 aliphatic carbocycles. The maximum atomic E-state index is 12.6. The predicted octanol–water partition coefficient (Wildman–Crippen LogP) is 1.80. The van der Waals surface area contributed by atoms with Gasteiger partial charge in [-0.15, -0.1) is 0 Å². The van der Waals surface area contributed by atoms with E-state index in [2.05, 4.69) is 16.8 Å². The molecule has 130 valence electrons. The summed E-state index contributed by atoms with van der Waals surface area (Å²) >= 11 is 0. The number of hydrogen-bond acceptors (Lipinski definition) is 3. The van der Waals surface area contributed by atoms with Crippen molar-refractivity contribution in [3.63, 3.8) is 0 Å². The van der Waals surface area contributed by atoms with Crippen molar-refractivity contribution in [3.05, 3.63) is 48.0 Å². The van der Waals surface area contributed by atoms with Crippen LogP contribution in [0.1, 0.15) is 25.8 Å². The van der Waals surface area contributed by atoms with Gasteiger partial charge in [0.25, 0.3) is 0 Å². The minimum absolute atomic E-state index is 0.000566. The number of benzene rings is 1. The summed E-state index contributed by atoms with van der Waals surface area (Å²) in [6, 6.07) is 9.64. The van der Waals surface area contributed by atoms with Crippen LogP contribution in [0.3, 0.4) is 0 Å². The molecule has 24 heavy (non-hydrogen) atoms. The molecule has 5 nitrogen and oxygen atoms in total. The average Bonchev–Trinajstić information content (AvgIpc) is 2.56. The van der Waals surface area contributed by atoms with E-state index in [0.717, 1.165) is 17.7 Å². The summed E-state index contributed by atoms with van der Waals surface area (Å²) in [5.41, 5.74) is 2.10. The van der Waals surface area contributed by atoms with Crippen molar-refractivity contribution in [2.75, 3.05) is 26.2 Å². The lowest BCUT2D eigenvalue weighted by molar-refractivity contribution is -0.138. The van der Waals surface area contributed by atoms with Gasteiger partial charge in [0.1, 0.15) is 0 Å². The van der Waals surface area contributed by atoms with Gasteiger partial charge in [0, 0.05) is 32.7 Å². The molecule has 5 heteroatoms. The van der Waals surface area contributed by atoms with Crippen LogP contribution in [0.2, 0.25) is 0 Å². The van der Waals surface area contributed by atoms with E-state index in [1.807, 2.05) is 44.2 Å². The first-order valence-electron chi connectivity index (χ1n) is 8.49. The molecule has 1 atom stereocenters. The molecule has 0 aromatic heterocycles. The van der Waals surface area contributed by atoms with Crippen LogP contribution < -0.4 is 5.32 Å². The first kappa shape index (κ1) is 18.2. The van der Waals surface area contributed by atoms with Crippen LogP contribution in [-0.2, 0) is 16.1 Å². The number of likely N-dealkylation sites (N-methyl/N-ethyl adjacent to an activating group) is 1. The molecule has 0 saturated carbocycles. The van der Waals surface area contributed by atoms with Gasteiger partial charge >= 0.3 is 0 Å². The number of nitrogens with zero attached hydrogens (tertiary/aromatic N) is 2. The van der Waals surface area contributed by atoms with Crippen LogP contribution >= 0.6 is 0 Å². The Kier molecular flexibility index (Phi) is 6.55. The maximum absolute atomic E-state index is 12.6. The van der Waals surface area contributed by atoms with Crippen LogP contribution in [0, 0.1) is 0 Å². The maximum Gasteiger partial charge on any atom is 0.237 e. The second kappa shape index (κ2) is 8.64. The lowest BCUT2D eigenvalue weighted by atomic mass is 10.1. The number of carbonyl (C=O) groups is 2. The molecule has 2 rings (SSSR count). The molecule has 1 heterocycles. The lowest BCUT2D eigenvalue weighted by Crippen LogP contribution is -2.56. The normalized spacial score (nSPS) is 18.1. The van der Waals surface area contributed by atoms with Crippen LogP contribution in [0.4, 0.5) is 0 Å². The van der Waals surface area contributed by atoms with E-state index in [4.69, 9.17) is 0 Å². The molecule has 1 fully saturated rings. The van der Waals surface area contributed by atoms with E-state index in [1.54, 1.807) is 4.90 Å². The Balaban J connectivity index is 2.06. The van der Waals surface area contributed by atoms with Gasteiger partial charge in [0.2, 0.25) is 11.8 Å². The van der Waals surface area contributed by atoms with E-state index in [0.29, 0.717) is 26.2 Å². The SMILES string of the molecule is C=C(C)CN(CC)C(=O)CC1C(=O)NCCN1Cc1ccccc1. The summed E-state index contributed by atoms with van der Waals surface area (Å²) in [7, 11) is 0. The Morgan fingerprint density at radius 2 is 2.08 bits per heavy atom. The summed E-state index contributed by atoms with van der Waals surface area (Å²) in [6.45, 7) is 11.0. The third kappa shape index (κ3) is 4.93. The van der Waals surface area contributed by atoms with Crippen molar-refractivity contribution in [1.29, 1.82) is 0 Å². The molecule has 1 N–H and O–H groups in total. The zero-order chi connectivity index (χ0) is 17.5. The molecule has 1 aromatic rings. The van der Waals surface area contributed by atoms with Crippen molar-refractivity contribution in [1.82, 2.24) is 15.1 Å². The fourth-order valence-electron chi connectivity index (χ4n) is 2.99. The van der Waals surface area contributed by atoms with Crippen LogP contribution in [-0.4, -0.2) is 53.8 Å². The monoisotopic (exact) mass is 329 g/mol. The zero-order valence-electron chi connectivity index (χ0n) is 14.6. The molecular weight excluding hydrogens is 302 g/mol. The molecule has 0 spiro atoms. The quantitative estimate of drug-likeness (QED) is 0.776. The van der Waals surface area contributed by atoms with Crippen molar-refractivity contribution >= 4 is 11.8 Å². The second-order valence-electron chi connectivity index (χ2n) is 6.33. The highest BCUT2D eigenvalue weighted by Gasteiger charge is 2.32. The van der Waals surface area contributed by atoms with Crippen LogP contribution in [0.15, 0.2) is 42.5 Å². The van der Waals surface area contributed by atoms with E-state index in [1.165, 1.54) is 0 Å². The minimum Gasteiger partial charge on any atom is -0.353 e. The molecule has 1 aromatic carbocycles. The van der Waals surface area contributed by atoms with Gasteiger partial charge in [-0.1, -0.05) is 42.5 Å². The Morgan fingerprint density at radius 1 is 1.38 bits per heavy atom. The molecule has 1 aliphatic heterocycles.